The van der Waals surface area contributed by atoms with Gasteiger partial charge >= 0.3 is 0 Å². The van der Waals surface area contributed by atoms with Crippen LogP contribution in [0.5, 0.6) is 5.75 Å². The second-order valence-electron chi connectivity index (χ2n) is 4.58. The van der Waals surface area contributed by atoms with Gasteiger partial charge in [-0.25, -0.2) is 0 Å². The average Bonchev–Trinajstić information content (AvgIpc) is 2.62. The number of hydrogen-bond donors (Lipinski definition) is 1. The summed E-state index contributed by atoms with van der Waals surface area (Å²) in [5.74, 6) is 0.961. The summed E-state index contributed by atoms with van der Waals surface area (Å²) in [6.07, 6.45) is 0. The van der Waals surface area contributed by atoms with Crippen LogP contribution in [-0.2, 0) is 17.8 Å². The van der Waals surface area contributed by atoms with Gasteiger partial charge < -0.3 is 14.8 Å². The molecule has 1 aromatic carbocycles. The van der Waals surface area contributed by atoms with Crippen molar-refractivity contribution in [3.05, 3.63) is 29.3 Å². The molecule has 0 unspecified atom stereocenters. The van der Waals surface area contributed by atoms with Crippen LogP contribution in [0, 0.1) is 0 Å². The second kappa shape index (κ2) is 3.22. The van der Waals surface area contributed by atoms with E-state index in [1.54, 1.807) is 0 Å². The Balaban J connectivity index is 1.81. The summed E-state index contributed by atoms with van der Waals surface area (Å²) in [5.41, 5.74) is 2.63. The maximum atomic E-state index is 5.91. The first-order valence-electron chi connectivity index (χ1n) is 5.34. The third-order valence-corrected chi connectivity index (χ3v) is 2.99. The van der Waals surface area contributed by atoms with E-state index in [-0.39, 0.29) is 5.60 Å². The number of benzene rings is 1. The van der Waals surface area contributed by atoms with Crippen molar-refractivity contribution in [2.24, 2.45) is 0 Å². The molecule has 0 bridgehead atoms. The van der Waals surface area contributed by atoms with Gasteiger partial charge in [0.15, 0.2) is 5.60 Å². The van der Waals surface area contributed by atoms with Crippen molar-refractivity contribution in [3.8, 4) is 5.75 Å². The van der Waals surface area contributed by atoms with Crippen LogP contribution in [0.1, 0.15) is 18.1 Å². The third-order valence-electron chi connectivity index (χ3n) is 2.99. The zero-order valence-electron chi connectivity index (χ0n) is 8.88. The summed E-state index contributed by atoms with van der Waals surface area (Å²) in [7, 11) is 0. The highest BCUT2D eigenvalue weighted by Crippen LogP contribution is 2.28. The molecule has 0 amide bonds. The quantitative estimate of drug-likeness (QED) is 0.792. The SMILES string of the molecule is CC1(Oc2ccc3c(c2)CNC3)COC1. The predicted molar refractivity (Wildman–Crippen MR) is 56.8 cm³/mol. The zero-order valence-corrected chi connectivity index (χ0v) is 8.88. The molecule has 3 rings (SSSR count). The van der Waals surface area contributed by atoms with Gasteiger partial charge in [0.1, 0.15) is 5.75 Å². The number of nitrogens with one attached hydrogen (secondary N) is 1. The van der Waals surface area contributed by atoms with Crippen molar-refractivity contribution in [1.29, 1.82) is 0 Å². The minimum absolute atomic E-state index is 0.111. The molecule has 0 radical (unpaired) electrons. The lowest BCUT2D eigenvalue weighted by Crippen LogP contribution is -2.51. The largest absolute Gasteiger partial charge is 0.483 e. The summed E-state index contributed by atoms with van der Waals surface area (Å²) in [6.45, 7) is 5.42. The fraction of sp³-hybridized carbons (Fsp3) is 0.500. The lowest BCUT2D eigenvalue weighted by Gasteiger charge is -2.38. The molecule has 1 fully saturated rings. The molecular formula is C12H15NO2. The van der Waals surface area contributed by atoms with Crippen LogP contribution in [-0.4, -0.2) is 18.8 Å². The molecule has 1 aromatic rings. The standard InChI is InChI=1S/C12H15NO2/c1-12(7-14-8-12)15-11-3-2-9-5-13-6-10(9)4-11/h2-4,13H,5-8H2,1H3. The van der Waals surface area contributed by atoms with Crippen molar-refractivity contribution in [3.63, 3.8) is 0 Å². The number of fused-ring (bicyclic) bond motifs is 1. The lowest BCUT2D eigenvalue weighted by atomic mass is 10.1. The molecule has 3 heteroatoms. The molecule has 3 nitrogen and oxygen atoms in total. The van der Waals surface area contributed by atoms with E-state index < -0.39 is 0 Å². The van der Waals surface area contributed by atoms with Gasteiger partial charge in [0.2, 0.25) is 0 Å². The molecule has 2 aliphatic rings. The zero-order chi connectivity index (χ0) is 10.3. The Morgan fingerprint density at radius 2 is 2.07 bits per heavy atom. The average molecular weight is 205 g/mol. The Morgan fingerprint density at radius 1 is 1.27 bits per heavy atom. The Bertz CT molecular complexity index is 385. The van der Waals surface area contributed by atoms with E-state index in [9.17, 15) is 0 Å². The van der Waals surface area contributed by atoms with Crippen LogP contribution >= 0.6 is 0 Å². The van der Waals surface area contributed by atoms with E-state index >= 15 is 0 Å². The minimum atomic E-state index is -0.111. The van der Waals surface area contributed by atoms with Crippen LogP contribution < -0.4 is 10.1 Å². The molecule has 2 heterocycles. The number of rotatable bonds is 2. The van der Waals surface area contributed by atoms with E-state index in [0.29, 0.717) is 13.2 Å². The van der Waals surface area contributed by atoms with Crippen LogP contribution in [0.2, 0.25) is 0 Å². The summed E-state index contributed by atoms with van der Waals surface area (Å²) in [6, 6.07) is 6.34. The van der Waals surface area contributed by atoms with Crippen molar-refractivity contribution in [2.45, 2.75) is 25.6 Å². The highest BCUT2D eigenvalue weighted by molar-refractivity contribution is 5.38. The summed E-state index contributed by atoms with van der Waals surface area (Å²) in [5, 5.41) is 3.33. The van der Waals surface area contributed by atoms with E-state index in [1.165, 1.54) is 11.1 Å². The maximum Gasteiger partial charge on any atom is 0.152 e. The summed E-state index contributed by atoms with van der Waals surface area (Å²) in [4.78, 5) is 0. The predicted octanol–water partition coefficient (Wildman–Crippen LogP) is 1.46. The van der Waals surface area contributed by atoms with Gasteiger partial charge in [-0.3, -0.25) is 0 Å². The van der Waals surface area contributed by atoms with Crippen molar-refractivity contribution in [2.75, 3.05) is 13.2 Å². The normalized spacial score (nSPS) is 21.9. The highest BCUT2D eigenvalue weighted by atomic mass is 16.6. The van der Waals surface area contributed by atoms with E-state index in [0.717, 1.165) is 18.8 Å². The van der Waals surface area contributed by atoms with Crippen molar-refractivity contribution in [1.82, 2.24) is 5.32 Å². The Hall–Kier alpha value is -1.06. The van der Waals surface area contributed by atoms with Crippen LogP contribution in [0.3, 0.4) is 0 Å². The van der Waals surface area contributed by atoms with E-state index in [4.69, 9.17) is 9.47 Å². The monoisotopic (exact) mass is 205 g/mol. The van der Waals surface area contributed by atoms with Crippen LogP contribution in [0.25, 0.3) is 0 Å². The minimum Gasteiger partial charge on any atom is -0.483 e. The van der Waals surface area contributed by atoms with Gasteiger partial charge in [-0.05, 0) is 30.2 Å². The molecule has 15 heavy (non-hydrogen) atoms. The summed E-state index contributed by atoms with van der Waals surface area (Å²) >= 11 is 0. The van der Waals surface area contributed by atoms with Gasteiger partial charge in [0.25, 0.3) is 0 Å². The lowest BCUT2D eigenvalue weighted by molar-refractivity contribution is -0.149. The highest BCUT2D eigenvalue weighted by Gasteiger charge is 2.35. The fourth-order valence-corrected chi connectivity index (χ4v) is 2.07. The molecule has 2 aliphatic heterocycles. The Morgan fingerprint density at radius 3 is 2.80 bits per heavy atom. The first-order valence-corrected chi connectivity index (χ1v) is 5.34. The Labute approximate surface area is 89.4 Å². The first-order chi connectivity index (χ1) is 7.25. The fourth-order valence-electron chi connectivity index (χ4n) is 2.07. The number of hydrogen-bond acceptors (Lipinski definition) is 3. The first kappa shape index (κ1) is 9.19. The van der Waals surface area contributed by atoms with Crippen LogP contribution in [0.4, 0.5) is 0 Å². The molecule has 1 saturated heterocycles. The van der Waals surface area contributed by atoms with Gasteiger partial charge in [0, 0.05) is 13.1 Å². The molecule has 0 spiro atoms. The van der Waals surface area contributed by atoms with Crippen LogP contribution in [0.15, 0.2) is 18.2 Å². The van der Waals surface area contributed by atoms with E-state index in [1.807, 2.05) is 0 Å². The topological polar surface area (TPSA) is 30.5 Å². The molecule has 0 aliphatic carbocycles. The van der Waals surface area contributed by atoms with Gasteiger partial charge in [0.05, 0.1) is 13.2 Å². The van der Waals surface area contributed by atoms with Gasteiger partial charge in [-0.15, -0.1) is 0 Å². The summed E-state index contributed by atoms with van der Waals surface area (Å²) < 4.78 is 11.1. The molecular weight excluding hydrogens is 190 g/mol. The number of ether oxygens (including phenoxy) is 2. The molecule has 0 aromatic heterocycles. The molecule has 80 valence electrons. The van der Waals surface area contributed by atoms with Crippen molar-refractivity contribution < 1.29 is 9.47 Å². The smallest absolute Gasteiger partial charge is 0.152 e. The third kappa shape index (κ3) is 1.62. The Kier molecular flexibility index (Phi) is 1.97. The van der Waals surface area contributed by atoms with E-state index in [2.05, 4.69) is 30.4 Å². The molecule has 1 N–H and O–H groups in total. The van der Waals surface area contributed by atoms with Crippen molar-refractivity contribution >= 4 is 0 Å². The van der Waals surface area contributed by atoms with Gasteiger partial charge in [-0.2, -0.15) is 0 Å². The maximum absolute atomic E-state index is 5.91. The van der Waals surface area contributed by atoms with Gasteiger partial charge in [-0.1, -0.05) is 6.07 Å². The molecule has 0 atom stereocenters. The second-order valence-corrected chi connectivity index (χ2v) is 4.58. The molecule has 0 saturated carbocycles.